The number of ketones is 1. The molecule has 0 bridgehead atoms. The fraction of sp³-hybridized carbons (Fsp3) is 0.120. The molecular weight excluding hydrogens is 479 g/mol. The summed E-state index contributed by atoms with van der Waals surface area (Å²) in [5.41, 5.74) is -0.0722. The predicted octanol–water partition coefficient (Wildman–Crippen LogP) is 4.72. The van der Waals surface area contributed by atoms with E-state index >= 15 is 0 Å². The maximum Gasteiger partial charge on any atom is 0.416 e. The van der Waals surface area contributed by atoms with Crippen molar-refractivity contribution >= 4 is 11.8 Å². The van der Waals surface area contributed by atoms with Crippen molar-refractivity contribution in [3.8, 4) is 28.6 Å². The summed E-state index contributed by atoms with van der Waals surface area (Å²) in [6.07, 6.45) is -4.57. The monoisotopic (exact) mass is 495 g/mol. The molecular formula is C25H16F3N3O5. The van der Waals surface area contributed by atoms with Crippen LogP contribution < -0.4 is 9.47 Å². The third kappa shape index (κ3) is 4.63. The van der Waals surface area contributed by atoms with E-state index in [1.54, 1.807) is 36.4 Å². The minimum absolute atomic E-state index is 0.0475. The molecule has 0 saturated carbocycles. The smallest absolute Gasteiger partial charge is 0.416 e. The molecule has 2 heterocycles. The van der Waals surface area contributed by atoms with Crippen LogP contribution in [-0.4, -0.2) is 39.9 Å². The number of carbonyl (C=O) groups is 2. The van der Waals surface area contributed by atoms with Crippen molar-refractivity contribution in [3.63, 3.8) is 0 Å². The summed E-state index contributed by atoms with van der Waals surface area (Å²) in [4.78, 5) is 29.4. The summed E-state index contributed by atoms with van der Waals surface area (Å²) < 4.78 is 56.5. The van der Waals surface area contributed by atoms with Crippen molar-refractivity contribution in [1.82, 2.24) is 14.8 Å². The molecule has 0 amide bonds. The second-order valence-corrected chi connectivity index (χ2v) is 7.65. The van der Waals surface area contributed by atoms with Crippen molar-refractivity contribution in [2.75, 3.05) is 13.4 Å². The predicted molar refractivity (Wildman–Crippen MR) is 119 cm³/mol. The lowest BCUT2D eigenvalue weighted by atomic mass is 10.1. The molecule has 182 valence electrons. The average molecular weight is 495 g/mol. The minimum atomic E-state index is -4.57. The van der Waals surface area contributed by atoms with E-state index < -0.39 is 35.9 Å². The maximum absolute atomic E-state index is 13.3. The third-order valence-corrected chi connectivity index (χ3v) is 5.27. The molecule has 0 N–H and O–H groups in total. The lowest BCUT2D eigenvalue weighted by Crippen LogP contribution is -2.15. The molecule has 0 aliphatic carbocycles. The van der Waals surface area contributed by atoms with Gasteiger partial charge in [-0.3, -0.25) is 4.79 Å². The van der Waals surface area contributed by atoms with Gasteiger partial charge in [0.25, 0.3) is 5.82 Å². The first-order valence-electron chi connectivity index (χ1n) is 10.6. The van der Waals surface area contributed by atoms with Gasteiger partial charge in [0.2, 0.25) is 6.79 Å². The first-order valence-corrected chi connectivity index (χ1v) is 10.6. The van der Waals surface area contributed by atoms with Crippen LogP contribution in [0.15, 0.2) is 72.8 Å². The van der Waals surface area contributed by atoms with Crippen LogP contribution in [0.1, 0.15) is 26.5 Å². The molecule has 11 heteroatoms. The van der Waals surface area contributed by atoms with Gasteiger partial charge in [-0.25, -0.2) is 14.5 Å². The lowest BCUT2D eigenvalue weighted by molar-refractivity contribution is -0.137. The van der Waals surface area contributed by atoms with Gasteiger partial charge in [-0.15, -0.1) is 5.10 Å². The Labute approximate surface area is 201 Å². The van der Waals surface area contributed by atoms with E-state index in [4.69, 9.17) is 14.2 Å². The number of alkyl halides is 3. The minimum Gasteiger partial charge on any atom is -0.454 e. The highest BCUT2D eigenvalue weighted by Gasteiger charge is 2.31. The summed E-state index contributed by atoms with van der Waals surface area (Å²) in [5.74, 6) is -0.884. The van der Waals surface area contributed by atoms with Crippen molar-refractivity contribution in [1.29, 1.82) is 0 Å². The number of hydrogen-bond acceptors (Lipinski definition) is 7. The Kier molecular flexibility index (Phi) is 5.88. The van der Waals surface area contributed by atoms with E-state index in [1.165, 1.54) is 24.3 Å². The Morgan fingerprint density at radius 3 is 2.50 bits per heavy atom. The Hall–Kier alpha value is -4.67. The Morgan fingerprint density at radius 1 is 0.944 bits per heavy atom. The Bertz CT molecular complexity index is 1450. The highest BCUT2D eigenvalue weighted by molar-refractivity contribution is 5.99. The van der Waals surface area contributed by atoms with Crippen LogP contribution in [0.25, 0.3) is 17.1 Å². The van der Waals surface area contributed by atoms with Crippen LogP contribution >= 0.6 is 0 Å². The van der Waals surface area contributed by atoms with Gasteiger partial charge in [0.15, 0.2) is 29.7 Å². The van der Waals surface area contributed by atoms with Gasteiger partial charge in [0, 0.05) is 11.1 Å². The number of Topliss-reactive ketones (excluding diaryl/α,β-unsaturated/α-hetero) is 1. The Balaban J connectivity index is 1.41. The van der Waals surface area contributed by atoms with E-state index in [0.29, 0.717) is 17.1 Å². The molecule has 36 heavy (non-hydrogen) atoms. The van der Waals surface area contributed by atoms with Crippen molar-refractivity contribution in [2.45, 2.75) is 6.18 Å². The molecule has 0 radical (unpaired) electrons. The zero-order valence-electron chi connectivity index (χ0n) is 18.4. The van der Waals surface area contributed by atoms with Crippen molar-refractivity contribution in [3.05, 3.63) is 89.7 Å². The van der Waals surface area contributed by atoms with Crippen LogP contribution in [0.3, 0.4) is 0 Å². The van der Waals surface area contributed by atoms with Gasteiger partial charge >= 0.3 is 12.1 Å². The number of rotatable bonds is 6. The molecule has 5 rings (SSSR count). The van der Waals surface area contributed by atoms with E-state index in [2.05, 4.69) is 10.1 Å². The standard InChI is InChI=1S/C25H16F3N3O5/c26-25(27,28)17-7-4-8-18(12-17)31-23(15-5-2-1-3-6-15)29-22(30-31)24(33)34-13-19(32)16-9-10-20-21(11-16)36-14-35-20/h1-12H,13-14H2. The number of nitrogens with zero attached hydrogens (tertiary/aromatic N) is 3. The molecule has 0 unspecified atom stereocenters. The molecule has 0 saturated heterocycles. The van der Waals surface area contributed by atoms with Crippen LogP contribution in [0.4, 0.5) is 13.2 Å². The quantitative estimate of drug-likeness (QED) is 0.282. The molecule has 1 aliphatic rings. The van der Waals surface area contributed by atoms with Crippen LogP contribution in [0, 0.1) is 0 Å². The van der Waals surface area contributed by atoms with Crippen LogP contribution in [0.2, 0.25) is 0 Å². The first kappa shape index (κ1) is 23.1. The number of fused-ring (bicyclic) bond motifs is 1. The zero-order chi connectivity index (χ0) is 25.3. The summed E-state index contributed by atoms with van der Waals surface area (Å²) in [7, 11) is 0. The first-order chi connectivity index (χ1) is 17.3. The lowest BCUT2D eigenvalue weighted by Gasteiger charge is -2.10. The fourth-order valence-electron chi connectivity index (χ4n) is 3.52. The highest BCUT2D eigenvalue weighted by Crippen LogP contribution is 2.33. The van der Waals surface area contributed by atoms with Gasteiger partial charge < -0.3 is 14.2 Å². The molecule has 8 nitrogen and oxygen atoms in total. The van der Waals surface area contributed by atoms with E-state index in [0.717, 1.165) is 16.8 Å². The second-order valence-electron chi connectivity index (χ2n) is 7.65. The van der Waals surface area contributed by atoms with Gasteiger partial charge in [-0.1, -0.05) is 36.4 Å². The number of halogens is 3. The van der Waals surface area contributed by atoms with Gasteiger partial charge in [-0.2, -0.15) is 13.2 Å². The van der Waals surface area contributed by atoms with Crippen molar-refractivity contribution < 1.29 is 37.0 Å². The van der Waals surface area contributed by atoms with E-state index in [9.17, 15) is 22.8 Å². The molecule has 0 atom stereocenters. The third-order valence-electron chi connectivity index (χ3n) is 5.27. The number of hydrogen-bond donors (Lipinski definition) is 0. The zero-order valence-corrected chi connectivity index (χ0v) is 18.4. The molecule has 0 fully saturated rings. The van der Waals surface area contributed by atoms with Crippen LogP contribution in [0.5, 0.6) is 11.5 Å². The number of ether oxygens (including phenoxy) is 3. The molecule has 3 aromatic carbocycles. The number of esters is 1. The van der Waals surface area contributed by atoms with Crippen LogP contribution in [-0.2, 0) is 10.9 Å². The van der Waals surface area contributed by atoms with Gasteiger partial charge in [0.05, 0.1) is 11.3 Å². The fourth-order valence-corrected chi connectivity index (χ4v) is 3.52. The van der Waals surface area contributed by atoms with Crippen molar-refractivity contribution in [2.24, 2.45) is 0 Å². The molecule has 4 aromatic rings. The largest absolute Gasteiger partial charge is 0.454 e. The summed E-state index contributed by atoms with van der Waals surface area (Å²) in [5, 5.41) is 4.09. The number of aromatic nitrogens is 3. The molecule has 0 spiro atoms. The van der Waals surface area contributed by atoms with Gasteiger partial charge in [-0.05, 0) is 36.4 Å². The molecule has 1 aliphatic heterocycles. The Morgan fingerprint density at radius 2 is 1.72 bits per heavy atom. The average Bonchev–Trinajstić information content (AvgIpc) is 3.54. The SMILES string of the molecule is O=C(COC(=O)c1nc(-c2ccccc2)n(-c2cccc(C(F)(F)F)c2)n1)c1ccc2c(c1)OCO2. The highest BCUT2D eigenvalue weighted by atomic mass is 19.4. The van der Waals surface area contributed by atoms with Gasteiger partial charge in [0.1, 0.15) is 0 Å². The number of benzene rings is 3. The number of carbonyl (C=O) groups excluding carboxylic acids is 2. The summed E-state index contributed by atoms with van der Waals surface area (Å²) in [6.45, 7) is -0.552. The topological polar surface area (TPSA) is 92.5 Å². The molecule has 1 aromatic heterocycles. The summed E-state index contributed by atoms with van der Waals surface area (Å²) >= 11 is 0. The maximum atomic E-state index is 13.3. The van der Waals surface area contributed by atoms with E-state index in [1.807, 2.05) is 0 Å². The summed E-state index contributed by atoms with van der Waals surface area (Å²) in [6, 6.07) is 17.6. The second kappa shape index (κ2) is 9.17. The normalized spacial score (nSPS) is 12.4. The van der Waals surface area contributed by atoms with E-state index in [-0.39, 0.29) is 23.9 Å².